The third-order valence-corrected chi connectivity index (χ3v) is 5.84. The van der Waals surface area contributed by atoms with Crippen LogP contribution in [0.1, 0.15) is 24.1 Å². The number of aromatic nitrogens is 2. The van der Waals surface area contributed by atoms with Crippen LogP contribution < -0.4 is 4.90 Å². The van der Waals surface area contributed by atoms with Gasteiger partial charge in [0.25, 0.3) is 5.91 Å². The molecule has 0 radical (unpaired) electrons. The molecule has 0 unspecified atom stereocenters. The summed E-state index contributed by atoms with van der Waals surface area (Å²) in [6.45, 7) is 2.14. The molecule has 0 aliphatic carbocycles. The molecule has 152 valence electrons. The Morgan fingerprint density at radius 1 is 1.10 bits per heavy atom. The van der Waals surface area contributed by atoms with Gasteiger partial charge in [0.1, 0.15) is 17.7 Å². The summed E-state index contributed by atoms with van der Waals surface area (Å²) in [5.41, 5.74) is 1.04. The molecule has 0 saturated carbocycles. The second kappa shape index (κ2) is 7.79. The molecule has 0 N–H and O–H groups in total. The zero-order valence-corrected chi connectivity index (χ0v) is 16.7. The van der Waals surface area contributed by atoms with Crippen LogP contribution in [-0.4, -0.2) is 64.5 Å². The van der Waals surface area contributed by atoms with Crippen LogP contribution in [0.5, 0.6) is 0 Å². The third-order valence-electron chi connectivity index (χ3n) is 5.84. The molecule has 8 heteroatoms. The summed E-state index contributed by atoms with van der Waals surface area (Å²) in [6, 6.07) is 11.5. The number of carbonyl (C=O) groups excluding carboxylic acids is 2. The zero-order valence-electron chi connectivity index (χ0n) is 16.7. The highest BCUT2D eigenvalue weighted by atomic mass is 16.5. The number of imide groups is 1. The van der Waals surface area contributed by atoms with E-state index in [1.807, 2.05) is 36.4 Å². The SMILES string of the molecule is COCc1cc(N2CCC3(CC2)C(=O)N(C)C(=O)N3Cc2ccccc2)ncn1. The number of anilines is 1. The maximum atomic E-state index is 13.1. The van der Waals surface area contributed by atoms with Crippen LogP contribution in [0, 0.1) is 0 Å². The predicted molar refractivity (Wildman–Crippen MR) is 107 cm³/mol. The minimum absolute atomic E-state index is 0.110. The van der Waals surface area contributed by atoms with E-state index in [2.05, 4.69) is 14.9 Å². The van der Waals surface area contributed by atoms with Gasteiger partial charge in [0.05, 0.1) is 12.3 Å². The van der Waals surface area contributed by atoms with Crippen LogP contribution in [0.25, 0.3) is 0 Å². The molecule has 8 nitrogen and oxygen atoms in total. The normalized spacial score (nSPS) is 18.8. The molecule has 1 aromatic heterocycles. The fraction of sp³-hybridized carbons (Fsp3) is 0.429. The second-order valence-electron chi connectivity index (χ2n) is 7.54. The molecule has 1 spiro atoms. The van der Waals surface area contributed by atoms with E-state index in [9.17, 15) is 9.59 Å². The first-order valence-electron chi connectivity index (χ1n) is 9.73. The number of nitrogens with zero attached hydrogens (tertiary/aromatic N) is 5. The minimum atomic E-state index is -0.791. The number of ether oxygens (including phenoxy) is 1. The average molecular weight is 395 g/mol. The number of benzene rings is 1. The number of carbonyl (C=O) groups is 2. The van der Waals surface area contributed by atoms with Crippen molar-refractivity contribution in [2.75, 3.05) is 32.1 Å². The van der Waals surface area contributed by atoms with E-state index in [-0.39, 0.29) is 11.9 Å². The van der Waals surface area contributed by atoms with E-state index >= 15 is 0 Å². The van der Waals surface area contributed by atoms with E-state index in [4.69, 9.17) is 4.74 Å². The molecule has 2 saturated heterocycles. The molecule has 1 aromatic carbocycles. The number of hydrogen-bond acceptors (Lipinski definition) is 6. The Kier molecular flexibility index (Phi) is 5.19. The number of methoxy groups -OCH3 is 1. The van der Waals surface area contributed by atoms with Gasteiger partial charge in [-0.15, -0.1) is 0 Å². The molecule has 3 amide bonds. The number of likely N-dealkylation sites (N-methyl/N-ethyl adjacent to an activating group) is 1. The predicted octanol–water partition coefficient (Wildman–Crippen LogP) is 2.06. The molecule has 0 bridgehead atoms. The van der Waals surface area contributed by atoms with E-state index in [1.165, 1.54) is 11.2 Å². The summed E-state index contributed by atoms with van der Waals surface area (Å²) < 4.78 is 5.15. The van der Waals surface area contributed by atoms with Gasteiger partial charge < -0.3 is 14.5 Å². The van der Waals surface area contributed by atoms with Gasteiger partial charge in [-0.25, -0.2) is 14.8 Å². The number of urea groups is 1. The lowest BCUT2D eigenvalue weighted by Gasteiger charge is -2.42. The summed E-state index contributed by atoms with van der Waals surface area (Å²) in [5, 5.41) is 0. The maximum Gasteiger partial charge on any atom is 0.327 e. The summed E-state index contributed by atoms with van der Waals surface area (Å²) in [7, 11) is 3.21. The molecule has 4 rings (SSSR count). The van der Waals surface area contributed by atoms with Gasteiger partial charge in [-0.05, 0) is 18.4 Å². The van der Waals surface area contributed by atoms with Crippen molar-refractivity contribution in [3.8, 4) is 0 Å². The van der Waals surface area contributed by atoms with Crippen molar-refractivity contribution in [3.63, 3.8) is 0 Å². The molecule has 0 atom stereocenters. The van der Waals surface area contributed by atoms with Crippen molar-refractivity contribution in [2.24, 2.45) is 0 Å². The Labute approximate surface area is 170 Å². The number of hydrogen-bond donors (Lipinski definition) is 0. The summed E-state index contributed by atoms with van der Waals surface area (Å²) in [5.74, 6) is 0.711. The van der Waals surface area contributed by atoms with Crippen LogP contribution in [0.15, 0.2) is 42.7 Å². The molecular formula is C21H25N5O3. The van der Waals surface area contributed by atoms with Crippen LogP contribution in [0.4, 0.5) is 10.6 Å². The molecule has 3 heterocycles. The van der Waals surface area contributed by atoms with Crippen molar-refractivity contribution < 1.29 is 14.3 Å². The van der Waals surface area contributed by atoms with Crippen molar-refractivity contribution in [3.05, 3.63) is 54.0 Å². The van der Waals surface area contributed by atoms with Gasteiger partial charge in [-0.2, -0.15) is 0 Å². The van der Waals surface area contributed by atoms with E-state index in [0.717, 1.165) is 17.1 Å². The van der Waals surface area contributed by atoms with Crippen LogP contribution in [0.2, 0.25) is 0 Å². The third kappa shape index (κ3) is 3.44. The number of amides is 3. The number of rotatable bonds is 5. The van der Waals surface area contributed by atoms with Gasteiger partial charge >= 0.3 is 6.03 Å². The summed E-state index contributed by atoms with van der Waals surface area (Å²) >= 11 is 0. The Balaban J connectivity index is 1.55. The first-order chi connectivity index (χ1) is 14.0. The van der Waals surface area contributed by atoms with E-state index < -0.39 is 5.54 Å². The standard InChI is InChI=1S/C21H25N5O3/c1-24-19(27)21(26(20(24)28)13-16-6-4-3-5-7-16)8-10-25(11-9-21)18-12-17(14-29-2)22-15-23-18/h3-7,12,15H,8-11,13-14H2,1-2H3. The maximum absolute atomic E-state index is 13.1. The molecule has 2 aliphatic heterocycles. The lowest BCUT2D eigenvalue weighted by atomic mass is 9.85. The Morgan fingerprint density at radius 2 is 1.83 bits per heavy atom. The van der Waals surface area contributed by atoms with Crippen molar-refractivity contribution in [2.45, 2.75) is 31.5 Å². The highest BCUT2D eigenvalue weighted by molar-refractivity contribution is 6.06. The van der Waals surface area contributed by atoms with Gasteiger partial charge in [-0.3, -0.25) is 9.69 Å². The van der Waals surface area contributed by atoms with Gasteiger partial charge in [0.15, 0.2) is 0 Å². The monoisotopic (exact) mass is 395 g/mol. The van der Waals surface area contributed by atoms with Gasteiger partial charge in [0.2, 0.25) is 0 Å². The summed E-state index contributed by atoms with van der Waals surface area (Å²) in [6.07, 6.45) is 2.67. The summed E-state index contributed by atoms with van der Waals surface area (Å²) in [4.78, 5) is 39.7. The topological polar surface area (TPSA) is 78.9 Å². The van der Waals surface area contributed by atoms with Crippen LogP contribution in [-0.2, 0) is 22.7 Å². The smallest absolute Gasteiger partial charge is 0.327 e. The first kappa shape index (κ1) is 19.3. The molecule has 2 aliphatic rings. The van der Waals surface area contributed by atoms with Crippen LogP contribution >= 0.6 is 0 Å². The quantitative estimate of drug-likeness (QED) is 0.721. The average Bonchev–Trinajstić information content (AvgIpc) is 2.92. The van der Waals surface area contributed by atoms with E-state index in [0.29, 0.717) is 39.1 Å². The fourth-order valence-corrected chi connectivity index (χ4v) is 4.24. The highest BCUT2D eigenvalue weighted by Gasteiger charge is 2.56. The van der Waals surface area contributed by atoms with Crippen LogP contribution in [0.3, 0.4) is 0 Å². The first-order valence-corrected chi connectivity index (χ1v) is 9.73. The number of piperidine rings is 1. The van der Waals surface area contributed by atoms with E-state index in [1.54, 1.807) is 19.1 Å². The van der Waals surface area contributed by atoms with Crippen molar-refractivity contribution >= 4 is 17.8 Å². The van der Waals surface area contributed by atoms with Crippen molar-refractivity contribution in [1.82, 2.24) is 19.8 Å². The molecule has 2 aromatic rings. The largest absolute Gasteiger partial charge is 0.378 e. The lowest BCUT2D eigenvalue weighted by molar-refractivity contribution is -0.133. The molecule has 29 heavy (non-hydrogen) atoms. The molecular weight excluding hydrogens is 370 g/mol. The van der Waals surface area contributed by atoms with Gasteiger partial charge in [0, 0.05) is 39.9 Å². The second-order valence-corrected chi connectivity index (χ2v) is 7.54. The Morgan fingerprint density at radius 3 is 2.52 bits per heavy atom. The molecule has 2 fully saturated rings. The Hall–Kier alpha value is -3.00. The lowest BCUT2D eigenvalue weighted by Crippen LogP contribution is -2.56. The highest BCUT2D eigenvalue weighted by Crippen LogP contribution is 2.38. The fourth-order valence-electron chi connectivity index (χ4n) is 4.24. The van der Waals surface area contributed by atoms with Crippen molar-refractivity contribution in [1.29, 1.82) is 0 Å². The minimum Gasteiger partial charge on any atom is -0.378 e. The van der Waals surface area contributed by atoms with Gasteiger partial charge in [-0.1, -0.05) is 30.3 Å². The zero-order chi connectivity index (χ0) is 20.4. The Bertz CT molecular complexity index is 896.